The van der Waals surface area contributed by atoms with Gasteiger partial charge >= 0.3 is 5.97 Å². The molecule has 0 amide bonds. The van der Waals surface area contributed by atoms with Gasteiger partial charge in [-0.2, -0.15) is 0 Å². The highest BCUT2D eigenvalue weighted by molar-refractivity contribution is 7.18. The van der Waals surface area contributed by atoms with Crippen LogP contribution in [0.1, 0.15) is 39.7 Å². The van der Waals surface area contributed by atoms with E-state index in [2.05, 4.69) is 9.97 Å². The van der Waals surface area contributed by atoms with Gasteiger partial charge in [-0.15, -0.1) is 11.3 Å². The Kier molecular flexibility index (Phi) is 5.18. The number of hydrogen-bond donors (Lipinski definition) is 1. The maximum atomic E-state index is 12.6. The average molecular weight is 388 g/mol. The molecule has 3 aromatic rings. The zero-order valence-corrected chi connectivity index (χ0v) is 16.5. The number of benzene rings is 1. The number of ether oxygens (including phenoxy) is 3. The normalized spacial score (nSPS) is 12.0. The largest absolute Gasteiger partial charge is 0.493 e. The Morgan fingerprint density at radius 2 is 1.96 bits per heavy atom. The number of carbonyl (C=O) groups excluding carboxylic acids is 1. The van der Waals surface area contributed by atoms with Gasteiger partial charge in [0.05, 0.1) is 19.6 Å². The van der Waals surface area contributed by atoms with Gasteiger partial charge in [0, 0.05) is 4.88 Å². The van der Waals surface area contributed by atoms with Crippen molar-refractivity contribution in [3.05, 3.63) is 50.4 Å². The number of nitrogens with one attached hydrogen (secondary N) is 1. The molecular formula is C19H20N2O5S. The van der Waals surface area contributed by atoms with Crippen LogP contribution in [-0.4, -0.2) is 30.2 Å². The number of thiophene rings is 1. The summed E-state index contributed by atoms with van der Waals surface area (Å²) >= 11 is 1.44. The standard InChI is InChI=1S/C19H20N2O5S/c1-9-11(3)27-18-14(9)17(22)20-16(21-18)10(2)26-19(23)12-7-6-8-13(24-4)15(12)25-5/h6-8,10H,1-5H3,(H,20,21,22)/t10-/m0/s1. The summed E-state index contributed by atoms with van der Waals surface area (Å²) in [5.74, 6) is 0.416. The number of hydrogen-bond acceptors (Lipinski definition) is 7. The van der Waals surface area contributed by atoms with Gasteiger partial charge in [0.1, 0.15) is 10.4 Å². The predicted molar refractivity (Wildman–Crippen MR) is 103 cm³/mol. The lowest BCUT2D eigenvalue weighted by Crippen LogP contribution is -2.17. The number of aryl methyl sites for hydroxylation is 2. The van der Waals surface area contributed by atoms with E-state index in [9.17, 15) is 9.59 Å². The molecule has 0 saturated heterocycles. The fourth-order valence-corrected chi connectivity index (χ4v) is 3.83. The van der Waals surface area contributed by atoms with Crippen LogP contribution in [0.3, 0.4) is 0 Å². The molecule has 1 atom stereocenters. The van der Waals surface area contributed by atoms with Gasteiger partial charge in [0.2, 0.25) is 0 Å². The minimum atomic E-state index is -0.742. The number of rotatable bonds is 5. The van der Waals surface area contributed by atoms with E-state index in [4.69, 9.17) is 14.2 Å². The molecular weight excluding hydrogens is 368 g/mol. The van der Waals surface area contributed by atoms with Crippen LogP contribution >= 0.6 is 11.3 Å². The molecule has 0 radical (unpaired) electrons. The number of nitrogens with zero attached hydrogens (tertiary/aromatic N) is 1. The zero-order valence-electron chi connectivity index (χ0n) is 15.7. The molecule has 0 aliphatic carbocycles. The molecule has 0 bridgehead atoms. The molecule has 0 aliphatic rings. The van der Waals surface area contributed by atoms with Crippen molar-refractivity contribution in [1.29, 1.82) is 0 Å². The Labute approximate surface area is 159 Å². The molecule has 8 heteroatoms. The van der Waals surface area contributed by atoms with Gasteiger partial charge in [-0.05, 0) is 38.5 Å². The van der Waals surface area contributed by atoms with Crippen LogP contribution in [0, 0.1) is 13.8 Å². The summed E-state index contributed by atoms with van der Waals surface area (Å²) in [7, 11) is 2.94. The van der Waals surface area contributed by atoms with Crippen LogP contribution < -0.4 is 15.0 Å². The van der Waals surface area contributed by atoms with Gasteiger partial charge in [-0.25, -0.2) is 9.78 Å². The first-order valence-corrected chi connectivity index (χ1v) is 9.10. The number of H-pyrrole nitrogens is 1. The third kappa shape index (κ3) is 3.40. The van der Waals surface area contributed by atoms with Crippen LogP contribution in [0.15, 0.2) is 23.0 Å². The van der Waals surface area contributed by atoms with E-state index >= 15 is 0 Å². The van der Waals surface area contributed by atoms with E-state index in [1.54, 1.807) is 25.1 Å². The van der Waals surface area contributed by atoms with Crippen LogP contribution in [0.2, 0.25) is 0 Å². The molecule has 0 saturated carbocycles. The van der Waals surface area contributed by atoms with Crippen molar-refractivity contribution in [3.8, 4) is 11.5 Å². The van der Waals surface area contributed by atoms with Crippen molar-refractivity contribution in [2.45, 2.75) is 26.9 Å². The summed E-state index contributed by atoms with van der Waals surface area (Å²) in [6, 6.07) is 4.95. The van der Waals surface area contributed by atoms with Gasteiger partial charge in [0.25, 0.3) is 5.56 Å². The van der Waals surface area contributed by atoms with Gasteiger partial charge in [-0.1, -0.05) is 6.07 Å². The molecule has 27 heavy (non-hydrogen) atoms. The molecule has 1 N–H and O–H groups in total. The third-order valence-corrected chi connectivity index (χ3v) is 5.45. The topological polar surface area (TPSA) is 90.5 Å². The third-order valence-electron chi connectivity index (χ3n) is 4.35. The molecule has 7 nitrogen and oxygen atoms in total. The Morgan fingerprint density at radius 3 is 2.63 bits per heavy atom. The molecule has 3 rings (SSSR count). The molecule has 0 aliphatic heterocycles. The summed E-state index contributed by atoms with van der Waals surface area (Å²) in [4.78, 5) is 33.9. The smallest absolute Gasteiger partial charge is 0.342 e. The fraction of sp³-hybridized carbons (Fsp3) is 0.316. The minimum Gasteiger partial charge on any atom is -0.493 e. The van der Waals surface area contributed by atoms with Gasteiger partial charge in [0.15, 0.2) is 23.4 Å². The summed E-state index contributed by atoms with van der Waals surface area (Å²) in [6.45, 7) is 5.49. The first-order valence-electron chi connectivity index (χ1n) is 8.29. The first-order chi connectivity index (χ1) is 12.9. The minimum absolute atomic E-state index is 0.231. The van der Waals surface area contributed by atoms with E-state index in [1.807, 2.05) is 13.8 Å². The first kappa shape index (κ1) is 18.9. The second kappa shape index (κ2) is 7.40. The number of carbonyl (C=O) groups is 1. The van der Waals surface area contributed by atoms with Crippen molar-refractivity contribution in [2.24, 2.45) is 0 Å². The predicted octanol–water partition coefficient (Wildman–Crippen LogP) is 3.54. The lowest BCUT2D eigenvalue weighted by molar-refractivity contribution is 0.0316. The number of para-hydroxylation sites is 1. The van der Waals surface area contributed by atoms with Crippen LogP contribution in [-0.2, 0) is 4.74 Å². The molecule has 142 valence electrons. The second-order valence-electron chi connectivity index (χ2n) is 6.00. The number of aromatic amines is 1. The number of aromatic nitrogens is 2. The summed E-state index contributed by atoms with van der Waals surface area (Å²) in [6.07, 6.45) is -0.742. The lowest BCUT2D eigenvalue weighted by atomic mass is 10.2. The molecule has 0 fully saturated rings. The van der Waals surface area contributed by atoms with Crippen molar-refractivity contribution in [3.63, 3.8) is 0 Å². The number of methoxy groups -OCH3 is 2. The molecule has 2 heterocycles. The van der Waals surface area contributed by atoms with Crippen LogP contribution in [0.4, 0.5) is 0 Å². The monoisotopic (exact) mass is 388 g/mol. The second-order valence-corrected chi connectivity index (χ2v) is 7.21. The van der Waals surface area contributed by atoms with Crippen molar-refractivity contribution < 1.29 is 19.0 Å². The molecule has 0 unspecified atom stereocenters. The van der Waals surface area contributed by atoms with Crippen LogP contribution in [0.25, 0.3) is 10.2 Å². The summed E-state index contributed by atoms with van der Waals surface area (Å²) < 4.78 is 16.0. The number of esters is 1. The summed E-state index contributed by atoms with van der Waals surface area (Å²) in [5.41, 5.74) is 0.912. The average Bonchev–Trinajstić information content (AvgIpc) is 2.94. The highest BCUT2D eigenvalue weighted by atomic mass is 32.1. The van der Waals surface area contributed by atoms with E-state index in [0.717, 1.165) is 10.4 Å². The highest BCUT2D eigenvalue weighted by Crippen LogP contribution is 2.32. The maximum Gasteiger partial charge on any atom is 0.342 e. The van der Waals surface area contributed by atoms with Crippen molar-refractivity contribution in [2.75, 3.05) is 14.2 Å². The Bertz CT molecular complexity index is 1070. The molecule has 2 aromatic heterocycles. The van der Waals surface area contributed by atoms with E-state index in [-0.39, 0.29) is 11.1 Å². The Balaban J connectivity index is 1.92. The zero-order chi connectivity index (χ0) is 19.7. The van der Waals surface area contributed by atoms with Crippen molar-refractivity contribution in [1.82, 2.24) is 9.97 Å². The van der Waals surface area contributed by atoms with Gasteiger partial charge in [-0.3, -0.25) is 4.79 Å². The Morgan fingerprint density at radius 1 is 1.22 bits per heavy atom. The molecule has 1 aromatic carbocycles. The van der Waals surface area contributed by atoms with E-state index in [0.29, 0.717) is 27.5 Å². The van der Waals surface area contributed by atoms with Crippen molar-refractivity contribution >= 4 is 27.5 Å². The highest BCUT2D eigenvalue weighted by Gasteiger charge is 2.22. The quantitative estimate of drug-likeness (QED) is 0.673. The fourth-order valence-electron chi connectivity index (χ4n) is 2.79. The molecule has 0 spiro atoms. The SMILES string of the molecule is COc1cccc(C(=O)O[C@@H](C)c2nc3sc(C)c(C)c3c(=O)[nH]2)c1OC. The van der Waals surface area contributed by atoms with E-state index in [1.165, 1.54) is 25.6 Å². The van der Waals surface area contributed by atoms with Crippen LogP contribution in [0.5, 0.6) is 11.5 Å². The van der Waals surface area contributed by atoms with Gasteiger partial charge < -0.3 is 19.2 Å². The lowest BCUT2D eigenvalue weighted by Gasteiger charge is -2.15. The maximum absolute atomic E-state index is 12.6. The summed E-state index contributed by atoms with van der Waals surface area (Å²) in [5, 5.41) is 0.578. The Hall–Kier alpha value is -2.87. The number of fused-ring (bicyclic) bond motifs is 1. The van der Waals surface area contributed by atoms with E-state index < -0.39 is 12.1 Å².